The van der Waals surface area contributed by atoms with E-state index < -0.39 is 0 Å². The Hall–Kier alpha value is -2.18. The molecule has 2 rings (SSSR count). The van der Waals surface area contributed by atoms with Gasteiger partial charge in [0.25, 0.3) is 10.3 Å². The summed E-state index contributed by atoms with van der Waals surface area (Å²) in [5.74, 6) is 1.35. The molecule has 0 fully saturated rings. The van der Waals surface area contributed by atoms with Crippen LogP contribution in [0.5, 0.6) is 11.5 Å². The summed E-state index contributed by atoms with van der Waals surface area (Å²) in [7, 11) is 0. The van der Waals surface area contributed by atoms with Crippen molar-refractivity contribution in [1.29, 1.82) is 0 Å². The molecular formula is C16H22N2O2S2. The molecule has 0 bridgehead atoms. The van der Waals surface area contributed by atoms with Crippen molar-refractivity contribution < 1.29 is 9.47 Å². The van der Waals surface area contributed by atoms with Crippen LogP contribution in [-0.4, -0.2) is 10.3 Å². The third kappa shape index (κ3) is 10.6. The highest BCUT2D eigenvalue weighted by atomic mass is 32.1. The number of nitrogens with two attached hydrogens (primary N) is 2. The van der Waals surface area contributed by atoms with Crippen LogP contribution >= 0.6 is 24.4 Å². The molecule has 0 spiro atoms. The second-order valence-electron chi connectivity index (χ2n) is 3.47. The first kappa shape index (κ1) is 22.1. The van der Waals surface area contributed by atoms with Gasteiger partial charge in [0.15, 0.2) is 0 Å². The molecule has 0 saturated heterocycles. The first-order valence-corrected chi connectivity index (χ1v) is 6.44. The van der Waals surface area contributed by atoms with Crippen LogP contribution in [0, 0.1) is 0 Å². The molecule has 120 valence electrons. The molecule has 2 aromatic carbocycles. The summed E-state index contributed by atoms with van der Waals surface area (Å²) in [6.07, 6.45) is 0. The third-order valence-electron chi connectivity index (χ3n) is 1.92. The highest BCUT2D eigenvalue weighted by molar-refractivity contribution is 7.80. The summed E-state index contributed by atoms with van der Waals surface area (Å²) in [6.45, 7) is 0. The van der Waals surface area contributed by atoms with Gasteiger partial charge in [0, 0.05) is 0 Å². The van der Waals surface area contributed by atoms with Gasteiger partial charge in [0.2, 0.25) is 0 Å². The van der Waals surface area contributed by atoms with E-state index in [1.54, 1.807) is 24.3 Å². The molecule has 0 heterocycles. The van der Waals surface area contributed by atoms with E-state index in [1.165, 1.54) is 0 Å². The van der Waals surface area contributed by atoms with Gasteiger partial charge in [0.05, 0.1) is 0 Å². The molecular weight excluding hydrogens is 316 g/mol. The van der Waals surface area contributed by atoms with Gasteiger partial charge in [-0.25, -0.2) is 0 Å². The van der Waals surface area contributed by atoms with Crippen molar-refractivity contribution in [2.75, 3.05) is 0 Å². The summed E-state index contributed by atoms with van der Waals surface area (Å²) < 4.78 is 9.85. The number of hydrogen-bond acceptors (Lipinski definition) is 4. The van der Waals surface area contributed by atoms with Gasteiger partial charge in [-0.2, -0.15) is 0 Å². The maximum atomic E-state index is 5.13. The molecule has 22 heavy (non-hydrogen) atoms. The molecule has 2 aromatic rings. The van der Waals surface area contributed by atoms with E-state index in [1.807, 2.05) is 36.4 Å². The van der Waals surface area contributed by atoms with Gasteiger partial charge in [-0.05, 0) is 48.7 Å². The Labute approximate surface area is 143 Å². The molecule has 0 aliphatic rings. The minimum absolute atomic E-state index is 0. The Morgan fingerprint density at radius 2 is 0.909 bits per heavy atom. The summed E-state index contributed by atoms with van der Waals surface area (Å²) in [4.78, 5) is 0. The van der Waals surface area contributed by atoms with Crippen LogP contribution in [0.25, 0.3) is 0 Å². The average Bonchev–Trinajstić information content (AvgIpc) is 2.40. The SMILES string of the molecule is C.C.NC(=S)Oc1ccccc1.NC(=S)Oc1ccccc1. The van der Waals surface area contributed by atoms with Gasteiger partial charge < -0.3 is 20.9 Å². The molecule has 0 unspecified atom stereocenters. The molecule has 0 aliphatic carbocycles. The van der Waals surface area contributed by atoms with Crippen molar-refractivity contribution in [3.05, 3.63) is 60.7 Å². The minimum Gasteiger partial charge on any atom is -0.432 e. The Morgan fingerprint density at radius 1 is 0.636 bits per heavy atom. The zero-order valence-electron chi connectivity index (χ0n) is 10.6. The highest BCUT2D eigenvalue weighted by Crippen LogP contribution is 2.07. The Bertz CT molecular complexity index is 497. The molecule has 0 aliphatic heterocycles. The standard InChI is InChI=1S/2C7H7NOS.2CH4/c2*8-7(10)9-6-4-2-1-3-5-6;;/h2*1-5H,(H2,8,10);2*1H4. The van der Waals surface area contributed by atoms with Gasteiger partial charge in [-0.3, -0.25) is 0 Å². The van der Waals surface area contributed by atoms with E-state index in [9.17, 15) is 0 Å². The quantitative estimate of drug-likeness (QED) is 0.810. The van der Waals surface area contributed by atoms with E-state index in [4.69, 9.17) is 20.9 Å². The maximum absolute atomic E-state index is 5.13. The average molecular weight is 338 g/mol. The topological polar surface area (TPSA) is 70.5 Å². The molecule has 4 nitrogen and oxygen atoms in total. The van der Waals surface area contributed by atoms with E-state index in [0.717, 1.165) is 0 Å². The van der Waals surface area contributed by atoms with Gasteiger partial charge in [-0.1, -0.05) is 51.3 Å². The largest absolute Gasteiger partial charge is 0.432 e. The number of para-hydroxylation sites is 2. The van der Waals surface area contributed by atoms with E-state index in [0.29, 0.717) is 11.5 Å². The van der Waals surface area contributed by atoms with E-state index in [-0.39, 0.29) is 25.2 Å². The Kier molecular flexibility index (Phi) is 12.6. The lowest BCUT2D eigenvalue weighted by Crippen LogP contribution is -2.15. The number of benzene rings is 2. The normalized spacial score (nSPS) is 8.00. The second kappa shape index (κ2) is 12.6. The zero-order valence-corrected chi connectivity index (χ0v) is 12.2. The van der Waals surface area contributed by atoms with Crippen LogP contribution in [0.2, 0.25) is 0 Å². The van der Waals surface area contributed by atoms with Gasteiger partial charge in [0.1, 0.15) is 11.5 Å². The first-order valence-electron chi connectivity index (χ1n) is 5.62. The van der Waals surface area contributed by atoms with Crippen molar-refractivity contribution in [2.24, 2.45) is 11.5 Å². The fraction of sp³-hybridized carbons (Fsp3) is 0.125. The number of rotatable bonds is 2. The van der Waals surface area contributed by atoms with Gasteiger partial charge in [-0.15, -0.1) is 0 Å². The van der Waals surface area contributed by atoms with Crippen LogP contribution in [0.1, 0.15) is 14.9 Å². The van der Waals surface area contributed by atoms with E-state index >= 15 is 0 Å². The van der Waals surface area contributed by atoms with Crippen molar-refractivity contribution >= 4 is 34.8 Å². The summed E-state index contributed by atoms with van der Waals surface area (Å²) in [5, 5.41) is 0.0948. The van der Waals surface area contributed by atoms with Gasteiger partial charge >= 0.3 is 0 Å². The molecule has 0 atom stereocenters. The molecule has 0 aromatic heterocycles. The van der Waals surface area contributed by atoms with Crippen molar-refractivity contribution in [3.63, 3.8) is 0 Å². The molecule has 4 N–H and O–H groups in total. The van der Waals surface area contributed by atoms with Crippen molar-refractivity contribution in [2.45, 2.75) is 14.9 Å². The highest BCUT2D eigenvalue weighted by Gasteiger charge is 1.91. The van der Waals surface area contributed by atoms with Crippen LogP contribution < -0.4 is 20.9 Å². The van der Waals surface area contributed by atoms with Crippen LogP contribution in [-0.2, 0) is 0 Å². The number of thiocarbonyl (C=S) groups is 2. The predicted octanol–water partition coefficient (Wildman–Crippen LogP) is 3.89. The number of hydrogen-bond donors (Lipinski definition) is 2. The predicted molar refractivity (Wildman–Crippen MR) is 101 cm³/mol. The fourth-order valence-electron chi connectivity index (χ4n) is 1.21. The smallest absolute Gasteiger partial charge is 0.259 e. The minimum atomic E-state index is 0. The van der Waals surface area contributed by atoms with Crippen molar-refractivity contribution in [1.82, 2.24) is 0 Å². The zero-order chi connectivity index (χ0) is 14.8. The van der Waals surface area contributed by atoms with Crippen molar-refractivity contribution in [3.8, 4) is 11.5 Å². The third-order valence-corrected chi connectivity index (χ3v) is 2.09. The lowest BCUT2D eigenvalue weighted by Gasteiger charge is -1.99. The number of ether oxygens (including phenoxy) is 2. The molecule has 0 saturated carbocycles. The summed E-state index contributed by atoms with van der Waals surface area (Å²) in [6, 6.07) is 18.4. The Morgan fingerprint density at radius 3 is 1.14 bits per heavy atom. The maximum Gasteiger partial charge on any atom is 0.259 e. The second-order valence-corrected chi connectivity index (χ2v) is 4.27. The van der Waals surface area contributed by atoms with Crippen LogP contribution in [0.3, 0.4) is 0 Å². The fourth-order valence-corrected chi connectivity index (χ4v) is 1.40. The lowest BCUT2D eigenvalue weighted by atomic mass is 10.3. The first-order chi connectivity index (χ1) is 9.58. The molecule has 0 amide bonds. The van der Waals surface area contributed by atoms with Crippen LogP contribution in [0.4, 0.5) is 0 Å². The monoisotopic (exact) mass is 338 g/mol. The Balaban J connectivity index is 0. The molecule has 6 heteroatoms. The van der Waals surface area contributed by atoms with E-state index in [2.05, 4.69) is 24.4 Å². The lowest BCUT2D eigenvalue weighted by molar-refractivity contribution is 0.557. The summed E-state index contributed by atoms with van der Waals surface area (Å²) >= 11 is 9.07. The molecule has 0 radical (unpaired) electrons. The summed E-state index contributed by atoms with van der Waals surface area (Å²) in [5.41, 5.74) is 10.3. The van der Waals surface area contributed by atoms with Crippen LogP contribution in [0.15, 0.2) is 60.7 Å².